The Balaban J connectivity index is 2.42. The van der Waals surface area contributed by atoms with Crippen LogP contribution in [0.3, 0.4) is 0 Å². The van der Waals surface area contributed by atoms with Crippen LogP contribution in [-0.4, -0.2) is 34.6 Å². The van der Waals surface area contributed by atoms with Crippen LogP contribution in [0.25, 0.3) is 0 Å². The number of nitrogens with zero attached hydrogens (tertiary/aromatic N) is 1. The first-order chi connectivity index (χ1) is 5.61. The quantitative estimate of drug-likeness (QED) is 0.545. The minimum Gasteiger partial charge on any atom is -0.370 e. The zero-order valence-electron chi connectivity index (χ0n) is 6.43. The smallest absolute Gasteiger partial charge is 0.248 e. The van der Waals surface area contributed by atoms with Gasteiger partial charge in [0.15, 0.2) is 0 Å². The molecule has 1 rings (SSSR count). The molecule has 1 aliphatic rings. The molecule has 1 atom stereocenters. The normalized spacial score (nSPS) is 21.9. The third-order valence-corrected chi connectivity index (χ3v) is 1.61. The first-order valence-electron chi connectivity index (χ1n) is 3.56. The van der Waals surface area contributed by atoms with Crippen molar-refractivity contribution in [3.63, 3.8) is 0 Å². The number of primary amides is 1. The topological polar surface area (TPSA) is 83.6 Å². The molecule has 66 valence electrons. The van der Waals surface area contributed by atoms with E-state index in [2.05, 4.69) is 0 Å². The van der Waals surface area contributed by atoms with E-state index in [0.717, 1.165) is 0 Å². The lowest BCUT2D eigenvalue weighted by molar-refractivity contribution is -0.131. The molecule has 0 fully saturated rings. The van der Waals surface area contributed by atoms with Crippen molar-refractivity contribution in [3.8, 4) is 0 Å². The maximum Gasteiger partial charge on any atom is 0.248 e. The Hall–Kier alpha value is -1.36. The zero-order chi connectivity index (χ0) is 9.14. The summed E-state index contributed by atoms with van der Waals surface area (Å²) in [5, 5.41) is 9.14. The summed E-state index contributed by atoms with van der Waals surface area (Å²) in [6.45, 7) is 0.169. The second-order valence-corrected chi connectivity index (χ2v) is 2.52. The number of nitrogens with two attached hydrogens (primary N) is 1. The van der Waals surface area contributed by atoms with Crippen LogP contribution in [0.2, 0.25) is 0 Å². The summed E-state index contributed by atoms with van der Waals surface area (Å²) in [6.07, 6.45) is 1.80. The number of aliphatic hydroxyl groups is 1. The predicted octanol–water partition coefficient (Wildman–Crippen LogP) is -1.42. The molecule has 12 heavy (non-hydrogen) atoms. The fourth-order valence-corrected chi connectivity index (χ4v) is 0.971. The second-order valence-electron chi connectivity index (χ2n) is 2.52. The van der Waals surface area contributed by atoms with E-state index in [1.54, 1.807) is 0 Å². The van der Waals surface area contributed by atoms with Gasteiger partial charge in [0.1, 0.15) is 6.23 Å². The molecule has 3 N–H and O–H groups in total. The van der Waals surface area contributed by atoms with E-state index in [4.69, 9.17) is 10.8 Å². The highest BCUT2D eigenvalue weighted by molar-refractivity contribution is 5.90. The van der Waals surface area contributed by atoms with Gasteiger partial charge < -0.3 is 15.7 Å². The first-order valence-corrected chi connectivity index (χ1v) is 3.56. The van der Waals surface area contributed by atoms with Gasteiger partial charge in [-0.1, -0.05) is 0 Å². The fraction of sp³-hybridized carbons (Fsp3) is 0.429. The molecule has 1 aliphatic heterocycles. The highest BCUT2D eigenvalue weighted by Crippen LogP contribution is 2.08. The third-order valence-electron chi connectivity index (χ3n) is 1.61. The van der Waals surface area contributed by atoms with Gasteiger partial charge in [0.05, 0.1) is 0 Å². The summed E-state index contributed by atoms with van der Waals surface area (Å²) < 4.78 is 0. The lowest BCUT2D eigenvalue weighted by atomic mass is 10.3. The first kappa shape index (κ1) is 8.73. The van der Waals surface area contributed by atoms with Crippen molar-refractivity contribution in [2.75, 3.05) is 6.54 Å². The van der Waals surface area contributed by atoms with Crippen molar-refractivity contribution in [2.45, 2.75) is 12.6 Å². The molecule has 0 saturated heterocycles. The zero-order valence-corrected chi connectivity index (χ0v) is 6.43. The number of carbonyl (C=O) groups is 2. The summed E-state index contributed by atoms with van der Waals surface area (Å²) in [7, 11) is 0. The molecule has 0 aromatic carbocycles. The number of carbonyl (C=O) groups excluding carboxylic acids is 2. The molecule has 0 aromatic rings. The fourth-order valence-electron chi connectivity index (χ4n) is 0.971. The molecule has 0 spiro atoms. The molecule has 2 amide bonds. The van der Waals surface area contributed by atoms with Crippen LogP contribution >= 0.6 is 0 Å². The van der Waals surface area contributed by atoms with Crippen LogP contribution in [0.5, 0.6) is 0 Å². The van der Waals surface area contributed by atoms with E-state index in [-0.39, 0.29) is 18.9 Å². The second kappa shape index (κ2) is 3.36. The summed E-state index contributed by atoms with van der Waals surface area (Å²) in [4.78, 5) is 22.4. The van der Waals surface area contributed by atoms with Crippen LogP contribution < -0.4 is 5.73 Å². The van der Waals surface area contributed by atoms with Gasteiger partial charge >= 0.3 is 0 Å². The van der Waals surface area contributed by atoms with Gasteiger partial charge in [0.25, 0.3) is 0 Å². The van der Waals surface area contributed by atoms with Crippen molar-refractivity contribution < 1.29 is 14.7 Å². The third kappa shape index (κ3) is 1.82. The maximum atomic E-state index is 10.9. The summed E-state index contributed by atoms with van der Waals surface area (Å²) in [5.74, 6) is -0.773. The number of amides is 2. The molecule has 0 bridgehead atoms. The van der Waals surface area contributed by atoms with Gasteiger partial charge in [-0.25, -0.2) is 0 Å². The van der Waals surface area contributed by atoms with Gasteiger partial charge in [0, 0.05) is 19.0 Å². The molecule has 5 nitrogen and oxygen atoms in total. The lowest BCUT2D eigenvalue weighted by Crippen LogP contribution is -2.36. The Bertz CT molecular complexity index is 237. The number of aliphatic hydroxyl groups excluding tert-OH is 1. The van der Waals surface area contributed by atoms with E-state index < -0.39 is 12.1 Å². The average Bonchev–Trinajstić information content (AvgIpc) is 2.28. The monoisotopic (exact) mass is 170 g/mol. The van der Waals surface area contributed by atoms with Crippen LogP contribution in [0, 0.1) is 0 Å². The van der Waals surface area contributed by atoms with Gasteiger partial charge in [-0.05, 0) is 6.08 Å². The van der Waals surface area contributed by atoms with Crippen LogP contribution in [0.4, 0.5) is 0 Å². The largest absolute Gasteiger partial charge is 0.370 e. The molecular weight excluding hydrogens is 160 g/mol. The molecule has 5 heteroatoms. The van der Waals surface area contributed by atoms with E-state index in [0.29, 0.717) is 0 Å². The Labute approximate surface area is 69.5 Å². The molecule has 1 unspecified atom stereocenters. The van der Waals surface area contributed by atoms with Gasteiger partial charge in [-0.2, -0.15) is 0 Å². The van der Waals surface area contributed by atoms with Crippen LogP contribution in [-0.2, 0) is 9.59 Å². The van der Waals surface area contributed by atoms with Crippen molar-refractivity contribution in [1.82, 2.24) is 4.90 Å². The summed E-state index contributed by atoms with van der Waals surface area (Å²) >= 11 is 0. The maximum absolute atomic E-state index is 10.9. The number of hydrogen-bond acceptors (Lipinski definition) is 3. The standard InChI is InChI=1S/C7H10N2O3/c8-5(10)3-4-9-6(11)1-2-7(9)12/h1-2,6,11H,3-4H2,(H2,8,10). The highest BCUT2D eigenvalue weighted by atomic mass is 16.3. The molecular formula is C7H10N2O3. The van der Waals surface area contributed by atoms with Crippen molar-refractivity contribution in [1.29, 1.82) is 0 Å². The van der Waals surface area contributed by atoms with Crippen molar-refractivity contribution in [2.24, 2.45) is 5.73 Å². The summed E-state index contributed by atoms with van der Waals surface area (Å²) in [6, 6.07) is 0. The van der Waals surface area contributed by atoms with E-state index in [9.17, 15) is 9.59 Å². The Kier molecular flexibility index (Phi) is 2.44. The van der Waals surface area contributed by atoms with Crippen LogP contribution in [0.1, 0.15) is 6.42 Å². The van der Waals surface area contributed by atoms with Crippen LogP contribution in [0.15, 0.2) is 12.2 Å². The van der Waals surface area contributed by atoms with Gasteiger partial charge in [-0.3, -0.25) is 9.59 Å². The van der Waals surface area contributed by atoms with Gasteiger partial charge in [0.2, 0.25) is 11.8 Å². The van der Waals surface area contributed by atoms with Crippen molar-refractivity contribution >= 4 is 11.8 Å². The van der Waals surface area contributed by atoms with Gasteiger partial charge in [-0.15, -0.1) is 0 Å². The molecule has 1 heterocycles. The Morgan fingerprint density at radius 2 is 2.42 bits per heavy atom. The van der Waals surface area contributed by atoms with E-state index in [1.807, 2.05) is 0 Å². The Morgan fingerprint density at radius 3 is 2.83 bits per heavy atom. The lowest BCUT2D eigenvalue weighted by Gasteiger charge is -2.18. The number of hydrogen-bond donors (Lipinski definition) is 2. The molecule has 0 radical (unpaired) electrons. The minimum absolute atomic E-state index is 0.0739. The Morgan fingerprint density at radius 1 is 1.75 bits per heavy atom. The molecule has 0 aliphatic carbocycles. The average molecular weight is 170 g/mol. The van der Waals surface area contributed by atoms with E-state index in [1.165, 1.54) is 17.1 Å². The van der Waals surface area contributed by atoms with Crippen molar-refractivity contribution in [3.05, 3.63) is 12.2 Å². The SMILES string of the molecule is NC(=O)CCN1C(=O)C=CC1O. The minimum atomic E-state index is -0.906. The molecule has 0 saturated carbocycles. The summed E-state index contributed by atoms with van der Waals surface area (Å²) in [5.41, 5.74) is 4.88. The highest BCUT2D eigenvalue weighted by Gasteiger charge is 2.23. The molecule has 0 aromatic heterocycles. The van der Waals surface area contributed by atoms with E-state index >= 15 is 0 Å². The predicted molar refractivity (Wildman–Crippen MR) is 40.7 cm³/mol. The number of rotatable bonds is 3.